The van der Waals surface area contributed by atoms with Crippen molar-refractivity contribution in [1.29, 1.82) is 0 Å². The van der Waals surface area contributed by atoms with Gasteiger partial charge in [-0.05, 0) is 133 Å². The van der Waals surface area contributed by atoms with Crippen LogP contribution in [0.3, 0.4) is 0 Å². The van der Waals surface area contributed by atoms with E-state index in [4.69, 9.17) is 9.47 Å². The normalized spacial score (nSPS) is 42.7. The molecule has 348 valence electrons. The molecular weight excluding hydrogens is 800 g/mol. The Labute approximate surface area is 374 Å². The molecule has 0 aromatic heterocycles. The zero-order valence-electron chi connectivity index (χ0n) is 39.8. The van der Waals surface area contributed by atoms with Crippen molar-refractivity contribution in [1.82, 2.24) is 10.2 Å². The number of fused-ring (bicyclic) bond motifs is 7. The molecule has 1 heterocycles. The Morgan fingerprint density at radius 3 is 2.18 bits per heavy atom. The maximum Gasteiger partial charge on any atom is 0.309 e. The van der Waals surface area contributed by atoms with E-state index in [1.165, 1.54) is 38.5 Å². The lowest BCUT2D eigenvalue weighted by molar-refractivity contribution is -0.249. The number of halogens is 1. The summed E-state index contributed by atoms with van der Waals surface area (Å²) in [5, 5.41) is 4.14. The first kappa shape index (κ1) is 46.5. The second-order valence-corrected chi connectivity index (χ2v) is 26.2. The highest BCUT2D eigenvalue weighted by molar-refractivity contribution is 7.91. The van der Waals surface area contributed by atoms with E-state index in [1.807, 2.05) is 44.2 Å². The molecule has 62 heavy (non-hydrogen) atoms. The number of hydrogen-bond donors (Lipinski definition) is 1. The number of rotatable bonds is 12. The Morgan fingerprint density at radius 1 is 0.823 bits per heavy atom. The largest absolute Gasteiger partial charge is 0.462 e. The Bertz CT molecular complexity index is 1910. The Hall–Kier alpha value is -2.04. The minimum Gasteiger partial charge on any atom is -0.462 e. The molecule has 1 unspecified atom stereocenters. The van der Waals surface area contributed by atoms with Crippen LogP contribution < -0.4 is 5.32 Å². The molecule has 1 saturated heterocycles. The minimum atomic E-state index is -3.03. The molecule has 6 saturated carbocycles. The first-order chi connectivity index (χ1) is 29.2. The molecule has 0 amide bonds. The van der Waals surface area contributed by atoms with Gasteiger partial charge in [0.15, 0.2) is 9.84 Å². The van der Waals surface area contributed by atoms with Crippen molar-refractivity contribution in [3.05, 3.63) is 35.9 Å². The van der Waals surface area contributed by atoms with Crippen molar-refractivity contribution in [2.45, 2.75) is 164 Å². The van der Waals surface area contributed by atoms with Crippen LogP contribution in [-0.4, -0.2) is 80.8 Å². The molecule has 1 aromatic carbocycles. The third kappa shape index (κ3) is 7.54. The molecule has 7 fully saturated rings. The molecule has 8 nitrogen and oxygen atoms in total. The second kappa shape index (κ2) is 16.7. The predicted molar refractivity (Wildman–Crippen MR) is 243 cm³/mol. The maximum atomic E-state index is 14.8. The molecule has 6 aliphatic carbocycles. The van der Waals surface area contributed by atoms with Gasteiger partial charge in [0.1, 0.15) is 19.4 Å². The van der Waals surface area contributed by atoms with Gasteiger partial charge in [0.25, 0.3) is 0 Å². The Kier molecular flexibility index (Phi) is 12.5. The first-order valence-electron chi connectivity index (χ1n) is 24.8. The summed E-state index contributed by atoms with van der Waals surface area (Å²) in [6, 6.07) is 9.45. The number of carbonyl (C=O) groups excluding carboxylic acids is 2. The molecular formula is C52H81FN2O6S. The number of alkyl halides is 1. The Balaban J connectivity index is 0.956. The van der Waals surface area contributed by atoms with Crippen LogP contribution in [-0.2, 0) is 35.5 Å². The molecule has 1 aliphatic heterocycles. The highest BCUT2D eigenvalue weighted by Crippen LogP contribution is 2.76. The van der Waals surface area contributed by atoms with E-state index in [9.17, 15) is 22.4 Å². The summed E-state index contributed by atoms with van der Waals surface area (Å²) >= 11 is 0. The van der Waals surface area contributed by atoms with Gasteiger partial charge in [-0.15, -0.1) is 0 Å². The lowest BCUT2D eigenvalue weighted by atomic mass is 9.32. The van der Waals surface area contributed by atoms with E-state index in [1.54, 1.807) is 0 Å². The number of sulfone groups is 1. The predicted octanol–water partition coefficient (Wildman–Crippen LogP) is 9.84. The monoisotopic (exact) mass is 881 g/mol. The quantitative estimate of drug-likeness (QED) is 0.207. The lowest BCUT2D eigenvalue weighted by Gasteiger charge is -2.73. The smallest absolute Gasteiger partial charge is 0.309 e. The number of esters is 2. The average molecular weight is 881 g/mol. The van der Waals surface area contributed by atoms with E-state index in [0.717, 1.165) is 37.7 Å². The van der Waals surface area contributed by atoms with Crippen LogP contribution in [0.5, 0.6) is 0 Å². The van der Waals surface area contributed by atoms with Gasteiger partial charge < -0.3 is 14.8 Å². The average Bonchev–Trinajstić information content (AvgIpc) is 3.61. The lowest BCUT2D eigenvalue weighted by Crippen LogP contribution is -2.69. The molecule has 0 bridgehead atoms. The fourth-order valence-electron chi connectivity index (χ4n) is 16.6. The Morgan fingerprint density at radius 2 is 1.52 bits per heavy atom. The molecule has 0 radical (unpaired) electrons. The van der Waals surface area contributed by atoms with Crippen LogP contribution in [0.15, 0.2) is 30.3 Å². The molecule has 10 heteroatoms. The fraction of sp³-hybridized carbons (Fsp3) is 0.846. The summed E-state index contributed by atoms with van der Waals surface area (Å²) in [7, 11) is -3.03. The van der Waals surface area contributed by atoms with Crippen LogP contribution >= 0.6 is 0 Å². The van der Waals surface area contributed by atoms with Crippen molar-refractivity contribution < 1.29 is 31.9 Å². The van der Waals surface area contributed by atoms with E-state index in [-0.39, 0.29) is 81.2 Å². The van der Waals surface area contributed by atoms with Gasteiger partial charge in [0.2, 0.25) is 0 Å². The highest BCUT2D eigenvalue weighted by Gasteiger charge is 2.71. The van der Waals surface area contributed by atoms with Gasteiger partial charge in [-0.1, -0.05) is 99.1 Å². The summed E-state index contributed by atoms with van der Waals surface area (Å²) < 4.78 is 51.6. The summed E-state index contributed by atoms with van der Waals surface area (Å²) in [5.74, 6) is 2.72. The van der Waals surface area contributed by atoms with E-state index < -0.39 is 21.9 Å². The van der Waals surface area contributed by atoms with Crippen LogP contribution in [0.4, 0.5) is 4.39 Å². The number of nitrogens with zero attached hydrogens (tertiary/aromatic N) is 1. The third-order valence-corrected chi connectivity index (χ3v) is 22.5. The molecule has 7 aliphatic rings. The van der Waals surface area contributed by atoms with Crippen molar-refractivity contribution in [3.8, 4) is 0 Å². The molecule has 1 aromatic rings. The number of ether oxygens (including phenoxy) is 2. The third-order valence-electron chi connectivity index (χ3n) is 20.9. The SMILES string of the molecule is CCC(C)[C@@H]1CC[C@]2(NC[C@H](CF)N3CCS(=O)(=O)CC3)CC[C@]3(C)[C@H](CC[C@@H]4[C@@]5(C)CC[C@H](OC(=O)[C@H]6C[C@@H](C(=O)OCc7ccccc7)C6(C)C)C(C)(C)[C@@H]5CC[C@]43C)[C@@H]12. The van der Waals surface area contributed by atoms with E-state index in [2.05, 4.69) is 58.7 Å². The van der Waals surface area contributed by atoms with Crippen LogP contribution in [0.25, 0.3) is 0 Å². The van der Waals surface area contributed by atoms with Gasteiger partial charge in [-0.2, -0.15) is 0 Å². The van der Waals surface area contributed by atoms with Crippen LogP contribution in [0.2, 0.25) is 0 Å². The number of carbonyl (C=O) groups is 2. The minimum absolute atomic E-state index is 0.000715. The van der Waals surface area contributed by atoms with E-state index >= 15 is 0 Å². The van der Waals surface area contributed by atoms with Gasteiger partial charge in [0, 0.05) is 30.6 Å². The summed E-state index contributed by atoms with van der Waals surface area (Å²) in [4.78, 5) is 29.3. The maximum absolute atomic E-state index is 14.8. The summed E-state index contributed by atoms with van der Waals surface area (Å²) in [5.41, 5.74) is 0.793. The second-order valence-electron chi connectivity index (χ2n) is 23.9. The van der Waals surface area contributed by atoms with Crippen molar-refractivity contribution in [3.63, 3.8) is 0 Å². The molecule has 8 rings (SSSR count). The zero-order valence-corrected chi connectivity index (χ0v) is 40.6. The highest BCUT2D eigenvalue weighted by atomic mass is 32.2. The van der Waals surface area contributed by atoms with Gasteiger partial charge in [0.05, 0.1) is 29.4 Å². The zero-order chi connectivity index (χ0) is 44.7. The van der Waals surface area contributed by atoms with E-state index in [0.29, 0.717) is 61.6 Å². The van der Waals surface area contributed by atoms with Gasteiger partial charge in [-0.3, -0.25) is 14.5 Å². The topological polar surface area (TPSA) is 102 Å². The fourth-order valence-corrected chi connectivity index (χ4v) is 17.8. The van der Waals surface area contributed by atoms with Crippen molar-refractivity contribution in [2.24, 2.45) is 74.4 Å². The van der Waals surface area contributed by atoms with Crippen LogP contribution in [0.1, 0.15) is 145 Å². The number of nitrogens with one attached hydrogen (secondary N) is 1. The van der Waals surface area contributed by atoms with Crippen LogP contribution in [0, 0.1) is 74.4 Å². The van der Waals surface area contributed by atoms with Crippen molar-refractivity contribution in [2.75, 3.05) is 37.8 Å². The summed E-state index contributed by atoms with van der Waals surface area (Å²) in [6.07, 6.45) is 12.9. The molecule has 14 atom stereocenters. The first-order valence-corrected chi connectivity index (χ1v) is 26.7. The van der Waals surface area contributed by atoms with Gasteiger partial charge >= 0.3 is 11.9 Å². The molecule has 0 spiro atoms. The summed E-state index contributed by atoms with van der Waals surface area (Å²) in [6.45, 7) is 22.8. The van der Waals surface area contributed by atoms with Crippen molar-refractivity contribution >= 4 is 21.8 Å². The number of benzene rings is 1. The standard InChI is InChI=1S/C52H81FN2O6S/c1-10-34(2)37-18-23-52(54-32-36(31-53)55-26-28-62(58,59)29-27-55)25-24-50(8)38(44(37)52)16-17-42-49(7)21-20-43(48(5,6)41(49)19-22-51(42,50)9)61-46(57)40-30-39(47(40,3)4)45(56)60-33-35-14-12-11-13-15-35/h11-15,34,36-44,54H,10,16-33H2,1-9H3/t34?,36-,37-,38+,39-,40+,41-,42+,43-,44+,49-,50+,51+,52-/m0/s1. The number of hydrogen-bond acceptors (Lipinski definition) is 8. The molecule has 1 N–H and O–H groups in total. The van der Waals surface area contributed by atoms with Gasteiger partial charge in [-0.25, -0.2) is 12.8 Å².